The number of hydrogen-bond donors (Lipinski definition) is 1. The van der Waals surface area contributed by atoms with Crippen molar-refractivity contribution in [1.82, 2.24) is 25.3 Å². The number of rotatable bonds is 5. The number of nitrogens with one attached hydrogen (secondary N) is 1. The van der Waals surface area contributed by atoms with Gasteiger partial charge in [0.15, 0.2) is 5.82 Å². The molecule has 27 heavy (non-hydrogen) atoms. The zero-order valence-corrected chi connectivity index (χ0v) is 15.9. The summed E-state index contributed by atoms with van der Waals surface area (Å²) in [6.07, 6.45) is 0. The Balaban J connectivity index is 1.47. The Morgan fingerprint density at radius 3 is 2.93 bits per heavy atom. The quantitative estimate of drug-likeness (QED) is 0.719. The molecule has 0 saturated carbocycles. The molecular formula is C18H20FN5O2S. The Labute approximate surface area is 160 Å². The van der Waals surface area contributed by atoms with Gasteiger partial charge in [-0.05, 0) is 38.2 Å². The highest BCUT2D eigenvalue weighted by Crippen LogP contribution is 2.31. The first-order valence-corrected chi connectivity index (χ1v) is 9.51. The lowest BCUT2D eigenvalue weighted by Gasteiger charge is -2.30. The van der Waals surface area contributed by atoms with E-state index in [1.165, 1.54) is 23.5 Å². The van der Waals surface area contributed by atoms with Gasteiger partial charge >= 0.3 is 0 Å². The normalized spacial score (nSPS) is 18.0. The number of thiazole rings is 1. The van der Waals surface area contributed by atoms with E-state index in [-0.39, 0.29) is 11.9 Å². The number of nitrogens with zero attached hydrogens (tertiary/aromatic N) is 4. The van der Waals surface area contributed by atoms with Gasteiger partial charge in [-0.2, -0.15) is 4.98 Å². The SMILES string of the molecule is Cc1nc(COc2ccc(F)cc2)sc1-c1nc(C2CNCCN2C)no1. The van der Waals surface area contributed by atoms with Gasteiger partial charge in [0.2, 0.25) is 0 Å². The number of piperazine rings is 1. The van der Waals surface area contributed by atoms with Gasteiger partial charge in [0.25, 0.3) is 5.89 Å². The second-order valence-electron chi connectivity index (χ2n) is 6.42. The minimum Gasteiger partial charge on any atom is -0.486 e. The van der Waals surface area contributed by atoms with Crippen molar-refractivity contribution in [3.63, 3.8) is 0 Å². The number of likely N-dealkylation sites (N-methyl/N-ethyl adjacent to an activating group) is 1. The topological polar surface area (TPSA) is 76.3 Å². The third-order valence-electron chi connectivity index (χ3n) is 4.46. The lowest BCUT2D eigenvalue weighted by molar-refractivity contribution is 0.190. The van der Waals surface area contributed by atoms with Gasteiger partial charge in [-0.3, -0.25) is 4.90 Å². The summed E-state index contributed by atoms with van der Waals surface area (Å²) in [6, 6.07) is 6.02. The molecule has 142 valence electrons. The molecule has 1 aromatic carbocycles. The van der Waals surface area contributed by atoms with Gasteiger partial charge in [-0.25, -0.2) is 9.37 Å². The van der Waals surface area contributed by atoms with Crippen LogP contribution in [0.4, 0.5) is 4.39 Å². The van der Waals surface area contributed by atoms with Crippen molar-refractivity contribution in [3.05, 3.63) is 46.6 Å². The molecule has 3 aromatic rings. The van der Waals surface area contributed by atoms with E-state index >= 15 is 0 Å². The summed E-state index contributed by atoms with van der Waals surface area (Å²) in [5.41, 5.74) is 0.822. The Kier molecular flexibility index (Phi) is 5.15. The molecule has 1 N–H and O–H groups in total. The highest BCUT2D eigenvalue weighted by molar-refractivity contribution is 7.15. The summed E-state index contributed by atoms with van der Waals surface area (Å²) in [5, 5.41) is 8.31. The van der Waals surface area contributed by atoms with E-state index in [0.29, 0.717) is 24.1 Å². The first-order valence-electron chi connectivity index (χ1n) is 8.70. The van der Waals surface area contributed by atoms with E-state index in [1.807, 2.05) is 6.92 Å². The fraction of sp³-hybridized carbons (Fsp3) is 0.389. The lowest BCUT2D eigenvalue weighted by atomic mass is 10.2. The summed E-state index contributed by atoms with van der Waals surface area (Å²) in [5.74, 6) is 1.46. The van der Waals surface area contributed by atoms with Gasteiger partial charge in [0, 0.05) is 19.6 Å². The molecule has 1 atom stereocenters. The average Bonchev–Trinajstić information content (AvgIpc) is 3.28. The fourth-order valence-corrected chi connectivity index (χ4v) is 3.84. The molecule has 9 heteroatoms. The van der Waals surface area contributed by atoms with Crippen molar-refractivity contribution in [2.45, 2.75) is 19.6 Å². The van der Waals surface area contributed by atoms with Crippen LogP contribution in [-0.4, -0.2) is 46.7 Å². The van der Waals surface area contributed by atoms with Crippen molar-refractivity contribution in [1.29, 1.82) is 0 Å². The molecule has 2 aromatic heterocycles. The molecule has 0 spiro atoms. The van der Waals surface area contributed by atoms with Crippen LogP contribution < -0.4 is 10.1 Å². The molecule has 3 heterocycles. The molecule has 1 unspecified atom stereocenters. The van der Waals surface area contributed by atoms with Crippen LogP contribution in [-0.2, 0) is 6.61 Å². The average molecular weight is 389 g/mol. The molecule has 0 bridgehead atoms. The van der Waals surface area contributed by atoms with Crippen LogP contribution in [0, 0.1) is 12.7 Å². The standard InChI is InChI=1S/C18H20FN5O2S/c1-11-16(18-22-17(23-26-18)14-9-20-7-8-24(14)2)27-15(21-11)10-25-13-5-3-12(19)4-6-13/h3-6,14,20H,7-10H2,1-2H3. The second-order valence-corrected chi connectivity index (χ2v) is 7.51. The van der Waals surface area contributed by atoms with Crippen molar-refractivity contribution in [2.75, 3.05) is 26.7 Å². The molecule has 0 radical (unpaired) electrons. The molecule has 1 aliphatic heterocycles. The van der Waals surface area contributed by atoms with Gasteiger partial charge in [0.1, 0.15) is 28.1 Å². The first kappa shape index (κ1) is 18.0. The highest BCUT2D eigenvalue weighted by atomic mass is 32.1. The maximum absolute atomic E-state index is 13.0. The van der Waals surface area contributed by atoms with E-state index < -0.39 is 0 Å². The Morgan fingerprint density at radius 1 is 1.33 bits per heavy atom. The largest absolute Gasteiger partial charge is 0.486 e. The summed E-state index contributed by atoms with van der Waals surface area (Å²) < 4.78 is 24.1. The molecule has 4 rings (SSSR count). The maximum Gasteiger partial charge on any atom is 0.269 e. The fourth-order valence-electron chi connectivity index (χ4n) is 2.95. The molecule has 0 amide bonds. The van der Waals surface area contributed by atoms with E-state index in [4.69, 9.17) is 9.26 Å². The van der Waals surface area contributed by atoms with Crippen LogP contribution in [0.3, 0.4) is 0 Å². The molecule has 0 aliphatic carbocycles. The summed E-state index contributed by atoms with van der Waals surface area (Å²) in [4.78, 5) is 12.2. The van der Waals surface area contributed by atoms with E-state index in [0.717, 1.165) is 35.2 Å². The summed E-state index contributed by atoms with van der Waals surface area (Å²) in [6.45, 7) is 4.91. The van der Waals surface area contributed by atoms with Crippen molar-refractivity contribution in [2.24, 2.45) is 0 Å². The smallest absolute Gasteiger partial charge is 0.269 e. The predicted molar refractivity (Wildman–Crippen MR) is 99.1 cm³/mol. The number of ether oxygens (including phenoxy) is 1. The monoisotopic (exact) mass is 389 g/mol. The molecular weight excluding hydrogens is 369 g/mol. The molecule has 1 aliphatic rings. The molecule has 7 nitrogen and oxygen atoms in total. The third kappa shape index (κ3) is 4.00. The van der Waals surface area contributed by atoms with Gasteiger partial charge in [-0.15, -0.1) is 11.3 Å². The van der Waals surface area contributed by atoms with Crippen molar-refractivity contribution >= 4 is 11.3 Å². The van der Waals surface area contributed by atoms with Crippen LogP contribution in [0.2, 0.25) is 0 Å². The maximum atomic E-state index is 13.0. The van der Waals surface area contributed by atoms with Crippen LogP contribution in [0.1, 0.15) is 22.6 Å². The van der Waals surface area contributed by atoms with Crippen LogP contribution in [0.25, 0.3) is 10.8 Å². The minimum atomic E-state index is -0.291. The highest BCUT2D eigenvalue weighted by Gasteiger charge is 2.26. The number of halogens is 1. The predicted octanol–water partition coefficient (Wildman–Crippen LogP) is 2.80. The van der Waals surface area contributed by atoms with E-state index in [1.54, 1.807) is 12.1 Å². The lowest BCUT2D eigenvalue weighted by Crippen LogP contribution is -2.44. The van der Waals surface area contributed by atoms with Crippen LogP contribution in [0.5, 0.6) is 5.75 Å². The first-order chi connectivity index (χ1) is 13.1. The van der Waals surface area contributed by atoms with Crippen LogP contribution in [0.15, 0.2) is 28.8 Å². The van der Waals surface area contributed by atoms with Crippen LogP contribution >= 0.6 is 11.3 Å². The summed E-state index contributed by atoms with van der Waals surface area (Å²) in [7, 11) is 2.06. The van der Waals surface area contributed by atoms with Gasteiger partial charge in [0.05, 0.1) is 11.7 Å². The molecule has 1 fully saturated rings. The summed E-state index contributed by atoms with van der Waals surface area (Å²) >= 11 is 1.46. The zero-order chi connectivity index (χ0) is 18.8. The van der Waals surface area contributed by atoms with E-state index in [2.05, 4.69) is 32.4 Å². The molecule has 1 saturated heterocycles. The second kappa shape index (κ2) is 7.71. The van der Waals surface area contributed by atoms with E-state index in [9.17, 15) is 4.39 Å². The Hall–Kier alpha value is -2.36. The Morgan fingerprint density at radius 2 is 2.15 bits per heavy atom. The zero-order valence-electron chi connectivity index (χ0n) is 15.1. The van der Waals surface area contributed by atoms with Crippen molar-refractivity contribution in [3.8, 4) is 16.5 Å². The number of aromatic nitrogens is 3. The van der Waals surface area contributed by atoms with Gasteiger partial charge in [-0.1, -0.05) is 5.16 Å². The number of benzene rings is 1. The number of aryl methyl sites for hydroxylation is 1. The minimum absolute atomic E-state index is 0.103. The third-order valence-corrected chi connectivity index (χ3v) is 5.58. The Bertz CT molecular complexity index is 911. The van der Waals surface area contributed by atoms with Gasteiger partial charge < -0.3 is 14.6 Å². The van der Waals surface area contributed by atoms with Crippen molar-refractivity contribution < 1.29 is 13.7 Å². The number of hydrogen-bond acceptors (Lipinski definition) is 8.